The predicted octanol–water partition coefficient (Wildman–Crippen LogP) is 6.17. The quantitative estimate of drug-likeness (QED) is 0.0940. The number of unbranched alkanes of at least 4 members (excludes halogenated alkanes) is 8. The molecule has 0 aromatic rings. The third-order valence-electron chi connectivity index (χ3n) is 4.49. The van der Waals surface area contributed by atoms with Crippen molar-refractivity contribution in [2.75, 3.05) is 6.61 Å². The van der Waals surface area contributed by atoms with E-state index in [2.05, 4.69) is 37.8 Å². The minimum atomic E-state index is -1.84. The van der Waals surface area contributed by atoms with Gasteiger partial charge in [0.05, 0.1) is 0 Å². The molecule has 0 spiro atoms. The van der Waals surface area contributed by atoms with E-state index in [9.17, 15) is 14.7 Å². The Hall–Kier alpha value is -1.88. The summed E-state index contributed by atoms with van der Waals surface area (Å²) in [6.45, 7) is 8.04. The van der Waals surface area contributed by atoms with Crippen LogP contribution in [0.2, 0.25) is 0 Å². The standard InChI is InChI=1S/C25H42O5/c1-5-6-7-8-9-10-11-12-13-14-15-16-17-18-19-20-23(26)29-21-25(4,28)30-24(27)22(2)3/h9-10,12-13,28H,2,5-8,11,14-21H2,1,3-4H3/b10-9-,13-12-. The number of carbonyl (C=O) groups excluding carboxylic acids is 2. The lowest BCUT2D eigenvalue weighted by molar-refractivity contribution is -0.217. The molecule has 0 heterocycles. The average Bonchev–Trinajstić information content (AvgIpc) is 2.69. The lowest BCUT2D eigenvalue weighted by Gasteiger charge is -2.23. The van der Waals surface area contributed by atoms with Crippen molar-refractivity contribution in [3.8, 4) is 0 Å². The van der Waals surface area contributed by atoms with Crippen LogP contribution in [-0.2, 0) is 19.1 Å². The van der Waals surface area contributed by atoms with Gasteiger partial charge in [-0.3, -0.25) is 4.79 Å². The molecule has 0 saturated carbocycles. The number of hydrogen-bond acceptors (Lipinski definition) is 5. The van der Waals surface area contributed by atoms with E-state index in [1.807, 2.05) is 0 Å². The number of ether oxygens (including phenoxy) is 2. The minimum Gasteiger partial charge on any atom is -0.459 e. The Balaban J connectivity index is 3.59. The molecule has 0 radical (unpaired) electrons. The van der Waals surface area contributed by atoms with Crippen LogP contribution in [-0.4, -0.2) is 29.4 Å². The van der Waals surface area contributed by atoms with E-state index in [0.717, 1.165) is 44.9 Å². The highest BCUT2D eigenvalue weighted by atomic mass is 16.7. The van der Waals surface area contributed by atoms with Crippen molar-refractivity contribution in [3.63, 3.8) is 0 Å². The average molecular weight is 423 g/mol. The second-order valence-electron chi connectivity index (χ2n) is 7.99. The molecule has 0 amide bonds. The van der Waals surface area contributed by atoms with E-state index in [-0.39, 0.29) is 12.2 Å². The van der Waals surface area contributed by atoms with Crippen LogP contribution in [0.25, 0.3) is 0 Å². The fraction of sp³-hybridized carbons (Fsp3) is 0.680. The largest absolute Gasteiger partial charge is 0.459 e. The molecule has 0 fully saturated rings. The first-order chi connectivity index (χ1) is 14.3. The van der Waals surface area contributed by atoms with Crippen molar-refractivity contribution in [2.24, 2.45) is 0 Å². The van der Waals surface area contributed by atoms with E-state index < -0.39 is 17.7 Å². The van der Waals surface area contributed by atoms with Crippen molar-refractivity contribution >= 4 is 11.9 Å². The molecule has 1 unspecified atom stereocenters. The summed E-state index contributed by atoms with van der Waals surface area (Å²) in [5.74, 6) is -2.96. The maximum absolute atomic E-state index is 11.7. The number of esters is 2. The van der Waals surface area contributed by atoms with Gasteiger partial charge in [-0.2, -0.15) is 0 Å². The SMILES string of the molecule is C=C(C)C(=O)OC(C)(O)COC(=O)CCCCCCC/C=C\C/C=C\CCCCC. The zero-order valence-corrected chi connectivity index (χ0v) is 19.3. The molecule has 0 saturated heterocycles. The van der Waals surface area contributed by atoms with Gasteiger partial charge in [0.15, 0.2) is 6.61 Å². The second kappa shape index (κ2) is 17.9. The molecule has 5 nitrogen and oxygen atoms in total. The Kier molecular flexibility index (Phi) is 16.8. The minimum absolute atomic E-state index is 0.173. The number of carbonyl (C=O) groups is 2. The summed E-state index contributed by atoms with van der Waals surface area (Å²) in [6.07, 6.45) is 21.6. The highest BCUT2D eigenvalue weighted by Gasteiger charge is 2.27. The van der Waals surface area contributed by atoms with Crippen molar-refractivity contribution < 1.29 is 24.2 Å². The maximum atomic E-state index is 11.7. The van der Waals surface area contributed by atoms with Crippen LogP contribution in [0.1, 0.15) is 97.8 Å². The summed E-state index contributed by atoms with van der Waals surface area (Å²) in [4.78, 5) is 23.1. The Bertz CT molecular complexity index is 546. The summed E-state index contributed by atoms with van der Waals surface area (Å²) in [7, 11) is 0. The summed E-state index contributed by atoms with van der Waals surface area (Å²) in [5.41, 5.74) is 0.173. The Morgan fingerprint density at radius 2 is 1.50 bits per heavy atom. The third-order valence-corrected chi connectivity index (χ3v) is 4.49. The molecule has 0 rings (SSSR count). The molecule has 0 aliphatic carbocycles. The zero-order valence-electron chi connectivity index (χ0n) is 19.3. The molecule has 0 aliphatic heterocycles. The van der Waals surface area contributed by atoms with Gasteiger partial charge in [-0.15, -0.1) is 0 Å². The number of aliphatic hydroxyl groups is 1. The van der Waals surface area contributed by atoms with Gasteiger partial charge in [-0.05, 0) is 45.4 Å². The highest BCUT2D eigenvalue weighted by molar-refractivity contribution is 5.87. The Morgan fingerprint density at radius 1 is 0.933 bits per heavy atom. The van der Waals surface area contributed by atoms with E-state index >= 15 is 0 Å². The van der Waals surface area contributed by atoms with Crippen molar-refractivity contribution in [1.29, 1.82) is 0 Å². The molecule has 172 valence electrons. The van der Waals surface area contributed by atoms with Crippen LogP contribution >= 0.6 is 0 Å². The highest BCUT2D eigenvalue weighted by Crippen LogP contribution is 2.12. The van der Waals surface area contributed by atoms with Crippen LogP contribution in [0.3, 0.4) is 0 Å². The smallest absolute Gasteiger partial charge is 0.335 e. The van der Waals surface area contributed by atoms with Gasteiger partial charge in [-0.1, -0.05) is 69.9 Å². The zero-order chi connectivity index (χ0) is 22.7. The van der Waals surface area contributed by atoms with Gasteiger partial charge < -0.3 is 14.6 Å². The van der Waals surface area contributed by atoms with E-state index in [4.69, 9.17) is 9.47 Å². The predicted molar refractivity (Wildman–Crippen MR) is 122 cm³/mol. The van der Waals surface area contributed by atoms with Crippen LogP contribution in [0.5, 0.6) is 0 Å². The number of hydrogen-bond donors (Lipinski definition) is 1. The van der Waals surface area contributed by atoms with Gasteiger partial charge in [0.25, 0.3) is 0 Å². The molecule has 1 N–H and O–H groups in total. The fourth-order valence-electron chi connectivity index (χ4n) is 2.68. The third kappa shape index (κ3) is 18.2. The first-order valence-corrected chi connectivity index (χ1v) is 11.4. The lowest BCUT2D eigenvalue weighted by Crippen LogP contribution is -2.37. The van der Waals surface area contributed by atoms with E-state index in [1.54, 1.807) is 0 Å². The lowest BCUT2D eigenvalue weighted by atomic mass is 10.1. The molecule has 5 heteroatoms. The van der Waals surface area contributed by atoms with Crippen LogP contribution < -0.4 is 0 Å². The van der Waals surface area contributed by atoms with Gasteiger partial charge in [0.2, 0.25) is 5.79 Å². The van der Waals surface area contributed by atoms with Gasteiger partial charge in [-0.25, -0.2) is 4.79 Å². The Morgan fingerprint density at radius 3 is 2.10 bits per heavy atom. The molecule has 0 aliphatic rings. The molecule has 0 bridgehead atoms. The topological polar surface area (TPSA) is 72.8 Å². The molecule has 0 aromatic heterocycles. The van der Waals surface area contributed by atoms with Crippen molar-refractivity contribution in [3.05, 3.63) is 36.5 Å². The monoisotopic (exact) mass is 422 g/mol. The molecular weight excluding hydrogens is 380 g/mol. The summed E-state index contributed by atoms with van der Waals surface area (Å²) in [6, 6.07) is 0. The van der Waals surface area contributed by atoms with Crippen LogP contribution in [0.4, 0.5) is 0 Å². The van der Waals surface area contributed by atoms with E-state index in [0.29, 0.717) is 6.42 Å². The van der Waals surface area contributed by atoms with Gasteiger partial charge >= 0.3 is 11.9 Å². The van der Waals surface area contributed by atoms with Gasteiger partial charge in [0, 0.05) is 18.9 Å². The van der Waals surface area contributed by atoms with Crippen LogP contribution in [0, 0.1) is 0 Å². The molecule has 1 atom stereocenters. The summed E-state index contributed by atoms with van der Waals surface area (Å²) in [5, 5.41) is 9.92. The number of allylic oxidation sites excluding steroid dienone is 4. The summed E-state index contributed by atoms with van der Waals surface area (Å²) >= 11 is 0. The summed E-state index contributed by atoms with van der Waals surface area (Å²) < 4.78 is 9.81. The maximum Gasteiger partial charge on any atom is 0.335 e. The first kappa shape index (κ1) is 28.1. The Labute approximate surface area is 183 Å². The van der Waals surface area contributed by atoms with Crippen molar-refractivity contribution in [1.82, 2.24) is 0 Å². The normalized spacial score (nSPS) is 13.5. The molecule has 0 aromatic carbocycles. The second-order valence-corrected chi connectivity index (χ2v) is 7.99. The fourth-order valence-corrected chi connectivity index (χ4v) is 2.68. The van der Waals surface area contributed by atoms with Crippen LogP contribution in [0.15, 0.2) is 36.5 Å². The van der Waals surface area contributed by atoms with Crippen molar-refractivity contribution in [2.45, 2.75) is 104 Å². The molecule has 30 heavy (non-hydrogen) atoms. The van der Waals surface area contributed by atoms with Gasteiger partial charge in [0.1, 0.15) is 0 Å². The molecular formula is C25H42O5. The first-order valence-electron chi connectivity index (χ1n) is 11.4. The number of rotatable bonds is 18. The van der Waals surface area contributed by atoms with E-state index in [1.165, 1.54) is 39.5 Å².